The second-order valence-corrected chi connectivity index (χ2v) is 7.24. The summed E-state index contributed by atoms with van der Waals surface area (Å²) in [5, 5.41) is 0.187. The smallest absolute Gasteiger partial charge is 0.236 e. The van der Waals surface area contributed by atoms with Crippen LogP contribution in [-0.4, -0.2) is 22.6 Å². The summed E-state index contributed by atoms with van der Waals surface area (Å²) in [4.78, 5) is 14.5. The molecule has 1 heterocycles. The number of hydrogen-bond donors (Lipinski definition) is 0. The molecule has 3 rings (SSSR count). The van der Waals surface area contributed by atoms with Crippen molar-refractivity contribution < 1.29 is 4.79 Å². The van der Waals surface area contributed by atoms with Gasteiger partial charge in [0.1, 0.15) is 5.37 Å². The highest BCUT2D eigenvalue weighted by Crippen LogP contribution is 2.42. The minimum Gasteiger partial charge on any atom is -0.325 e. The zero-order valence-corrected chi connectivity index (χ0v) is 13.8. The third-order valence-electron chi connectivity index (χ3n) is 4.06. The molecule has 1 aliphatic heterocycles. The Bertz CT molecular complexity index is 655. The average molecular weight is 311 g/mol. The van der Waals surface area contributed by atoms with E-state index in [1.54, 1.807) is 11.8 Å². The molecule has 0 saturated carbocycles. The summed E-state index contributed by atoms with van der Waals surface area (Å²) in [6.45, 7) is 4.89. The van der Waals surface area contributed by atoms with Crippen LogP contribution in [0, 0.1) is 6.92 Å². The normalized spacial score (nSPS) is 21.4. The third kappa shape index (κ3) is 3.20. The van der Waals surface area contributed by atoms with Crippen LogP contribution >= 0.6 is 11.8 Å². The number of thioether (sulfide) groups is 1. The van der Waals surface area contributed by atoms with E-state index in [0.29, 0.717) is 0 Å². The number of hydrogen-bond acceptors (Lipinski definition) is 2. The molecule has 0 bridgehead atoms. The summed E-state index contributed by atoms with van der Waals surface area (Å²) in [5.74, 6) is 0.257. The first-order valence-corrected chi connectivity index (χ1v) is 8.66. The Morgan fingerprint density at radius 1 is 1.09 bits per heavy atom. The lowest BCUT2D eigenvalue weighted by molar-refractivity contribution is -0.129. The molecular formula is C19H21NOS. The van der Waals surface area contributed by atoms with Gasteiger partial charge >= 0.3 is 0 Å². The highest BCUT2D eigenvalue weighted by Gasteiger charge is 2.37. The number of nitrogens with zero attached hydrogens (tertiary/aromatic N) is 1. The quantitative estimate of drug-likeness (QED) is 0.843. The first-order chi connectivity index (χ1) is 10.6. The number of benzene rings is 2. The Balaban J connectivity index is 1.78. The summed E-state index contributed by atoms with van der Waals surface area (Å²) < 4.78 is 0. The fraction of sp³-hybridized carbons (Fsp3) is 0.316. The first-order valence-electron chi connectivity index (χ1n) is 7.71. The van der Waals surface area contributed by atoms with Gasteiger partial charge in [-0.2, -0.15) is 0 Å². The van der Waals surface area contributed by atoms with Gasteiger partial charge in [-0.25, -0.2) is 0 Å². The molecule has 1 amide bonds. The van der Waals surface area contributed by atoms with Crippen LogP contribution in [0.1, 0.15) is 29.0 Å². The summed E-state index contributed by atoms with van der Waals surface area (Å²) >= 11 is 1.76. The minimum atomic E-state index is 0.0429. The Morgan fingerprint density at radius 3 is 2.59 bits per heavy atom. The molecule has 1 fully saturated rings. The molecule has 0 radical (unpaired) electrons. The van der Waals surface area contributed by atoms with Crippen LogP contribution in [0.25, 0.3) is 0 Å². The maximum atomic E-state index is 12.5. The van der Waals surface area contributed by atoms with Crippen LogP contribution in [0.5, 0.6) is 0 Å². The second-order valence-electron chi connectivity index (χ2n) is 5.81. The lowest BCUT2D eigenvalue weighted by Crippen LogP contribution is -2.32. The van der Waals surface area contributed by atoms with Crippen molar-refractivity contribution in [1.29, 1.82) is 0 Å². The van der Waals surface area contributed by atoms with E-state index >= 15 is 0 Å². The highest BCUT2D eigenvalue weighted by molar-refractivity contribution is 8.01. The monoisotopic (exact) mass is 311 g/mol. The van der Waals surface area contributed by atoms with E-state index in [9.17, 15) is 4.79 Å². The molecule has 114 valence electrons. The molecular weight excluding hydrogens is 290 g/mol. The maximum absolute atomic E-state index is 12.5. The van der Waals surface area contributed by atoms with Crippen molar-refractivity contribution in [3.05, 3.63) is 71.3 Å². The molecule has 2 aromatic carbocycles. The Morgan fingerprint density at radius 2 is 1.86 bits per heavy atom. The number of rotatable bonds is 4. The molecule has 22 heavy (non-hydrogen) atoms. The molecule has 0 aromatic heterocycles. The van der Waals surface area contributed by atoms with Crippen LogP contribution in [0.2, 0.25) is 0 Å². The predicted molar refractivity (Wildman–Crippen MR) is 92.8 cm³/mol. The van der Waals surface area contributed by atoms with Crippen molar-refractivity contribution in [1.82, 2.24) is 4.90 Å². The van der Waals surface area contributed by atoms with E-state index in [4.69, 9.17) is 0 Å². The van der Waals surface area contributed by atoms with E-state index in [1.165, 1.54) is 16.7 Å². The van der Waals surface area contributed by atoms with Crippen molar-refractivity contribution in [2.75, 3.05) is 6.54 Å². The fourth-order valence-corrected chi connectivity index (χ4v) is 4.18. The van der Waals surface area contributed by atoms with Gasteiger partial charge in [0.25, 0.3) is 0 Å². The van der Waals surface area contributed by atoms with Gasteiger partial charge in [-0.3, -0.25) is 4.79 Å². The summed E-state index contributed by atoms with van der Waals surface area (Å²) in [6, 6.07) is 18.9. The van der Waals surface area contributed by atoms with Crippen molar-refractivity contribution in [2.24, 2.45) is 0 Å². The van der Waals surface area contributed by atoms with E-state index in [2.05, 4.69) is 55.5 Å². The Kier molecular flexibility index (Phi) is 4.53. The largest absolute Gasteiger partial charge is 0.325 e. The van der Waals surface area contributed by atoms with E-state index in [0.717, 1.165) is 13.0 Å². The van der Waals surface area contributed by atoms with Gasteiger partial charge in [-0.15, -0.1) is 11.8 Å². The SMILES string of the molecule is Cc1cccc(C2SC(C)C(=O)N2CCc2ccccc2)c1. The van der Waals surface area contributed by atoms with Crippen molar-refractivity contribution in [3.8, 4) is 0 Å². The van der Waals surface area contributed by atoms with Crippen LogP contribution in [0.15, 0.2) is 54.6 Å². The average Bonchev–Trinajstić information content (AvgIpc) is 2.82. The lowest BCUT2D eigenvalue weighted by Gasteiger charge is -2.24. The van der Waals surface area contributed by atoms with E-state index in [1.807, 2.05) is 17.9 Å². The van der Waals surface area contributed by atoms with E-state index < -0.39 is 0 Å². The number of carbonyl (C=O) groups excluding carboxylic acids is 1. The van der Waals surface area contributed by atoms with Gasteiger partial charge < -0.3 is 4.90 Å². The molecule has 3 heteroatoms. The van der Waals surface area contributed by atoms with E-state index in [-0.39, 0.29) is 16.5 Å². The lowest BCUT2D eigenvalue weighted by atomic mass is 10.1. The van der Waals surface area contributed by atoms with Gasteiger partial charge in [-0.1, -0.05) is 60.2 Å². The predicted octanol–water partition coefficient (Wildman–Crippen LogP) is 4.20. The molecule has 2 atom stereocenters. The molecule has 0 N–H and O–H groups in total. The first kappa shape index (κ1) is 15.2. The van der Waals surface area contributed by atoms with Gasteiger partial charge in [0.15, 0.2) is 0 Å². The van der Waals surface area contributed by atoms with Crippen LogP contribution in [-0.2, 0) is 11.2 Å². The molecule has 1 aliphatic rings. The summed E-state index contributed by atoms with van der Waals surface area (Å²) in [5.41, 5.74) is 3.76. The molecule has 0 spiro atoms. The third-order valence-corrected chi connectivity index (χ3v) is 5.45. The Labute approximate surface area is 136 Å². The van der Waals surface area contributed by atoms with Gasteiger partial charge in [0.05, 0.1) is 5.25 Å². The van der Waals surface area contributed by atoms with Gasteiger partial charge in [-0.05, 0) is 31.4 Å². The second kappa shape index (κ2) is 6.57. The molecule has 1 saturated heterocycles. The molecule has 0 aliphatic carbocycles. The standard InChI is InChI=1S/C19H21NOS/c1-14-7-6-10-17(13-14)19-20(18(21)15(2)22-19)12-11-16-8-4-3-5-9-16/h3-10,13,15,19H,11-12H2,1-2H3. The zero-order chi connectivity index (χ0) is 15.5. The minimum absolute atomic E-state index is 0.0429. The fourth-order valence-electron chi connectivity index (χ4n) is 2.88. The van der Waals surface area contributed by atoms with Crippen LogP contribution in [0.3, 0.4) is 0 Å². The van der Waals surface area contributed by atoms with Crippen LogP contribution in [0.4, 0.5) is 0 Å². The topological polar surface area (TPSA) is 20.3 Å². The molecule has 2 nitrogen and oxygen atoms in total. The molecule has 2 aromatic rings. The van der Waals surface area contributed by atoms with Crippen molar-refractivity contribution in [2.45, 2.75) is 30.9 Å². The Hall–Kier alpha value is -1.74. The number of amides is 1. The number of carbonyl (C=O) groups is 1. The maximum Gasteiger partial charge on any atom is 0.236 e. The van der Waals surface area contributed by atoms with Crippen LogP contribution < -0.4 is 0 Å². The van der Waals surface area contributed by atoms with Gasteiger partial charge in [0, 0.05) is 6.54 Å². The number of aryl methyl sites for hydroxylation is 1. The van der Waals surface area contributed by atoms with Gasteiger partial charge in [0.2, 0.25) is 5.91 Å². The van der Waals surface area contributed by atoms with Crippen molar-refractivity contribution >= 4 is 17.7 Å². The summed E-state index contributed by atoms with van der Waals surface area (Å²) in [6.07, 6.45) is 0.905. The zero-order valence-electron chi connectivity index (χ0n) is 13.0. The molecule has 2 unspecified atom stereocenters. The van der Waals surface area contributed by atoms with Crippen molar-refractivity contribution in [3.63, 3.8) is 0 Å². The summed E-state index contributed by atoms with van der Waals surface area (Å²) in [7, 11) is 0. The highest BCUT2D eigenvalue weighted by atomic mass is 32.2.